The summed E-state index contributed by atoms with van der Waals surface area (Å²) < 4.78 is 74.6. The van der Waals surface area contributed by atoms with Crippen LogP contribution in [-0.4, -0.2) is 125 Å². The molecule has 8 heterocycles. The minimum Gasteiger partial charge on any atom is -0.450 e. The fourth-order valence-electron chi connectivity index (χ4n) is 22.4. The van der Waals surface area contributed by atoms with Crippen LogP contribution in [0.2, 0.25) is 0 Å². The Kier molecular flexibility index (Phi) is 32.2. The van der Waals surface area contributed by atoms with Gasteiger partial charge in [-0.1, -0.05) is 103 Å². The Morgan fingerprint density at radius 3 is 1.07 bits per heavy atom. The third-order valence-corrected chi connectivity index (χ3v) is 28.8. The third kappa shape index (κ3) is 24.7. The van der Waals surface area contributed by atoms with Crippen LogP contribution in [0.5, 0.6) is 0 Å². The molecule has 0 radical (unpaired) electrons. The number of halogens is 4. The summed E-state index contributed by atoms with van der Waals surface area (Å²) in [6.45, 7) is 8.79. The number of rotatable bonds is 20. The molecular weight excluding hydrogens is 1760 g/mol. The smallest absolute Gasteiger partial charge is 0.407 e. The van der Waals surface area contributed by atoms with Gasteiger partial charge in [-0.25, -0.2) is 36.7 Å². The number of aromatic amines is 1. The van der Waals surface area contributed by atoms with E-state index < -0.39 is 0 Å². The molecule has 139 heavy (non-hydrogen) atoms. The highest BCUT2D eigenvalue weighted by atomic mass is 19.1. The van der Waals surface area contributed by atoms with Crippen molar-refractivity contribution in [3.63, 3.8) is 0 Å². The lowest BCUT2D eigenvalue weighted by atomic mass is 9.62. The number of nitrogens with zero attached hydrogens (tertiary/aromatic N) is 9. The lowest BCUT2D eigenvalue weighted by Crippen LogP contribution is -2.44. The van der Waals surface area contributed by atoms with Crippen LogP contribution in [-0.2, 0) is 44.6 Å². The molecule has 0 saturated heterocycles. The highest BCUT2D eigenvalue weighted by Crippen LogP contribution is 2.52. The molecule has 22 nitrogen and oxygen atoms in total. The number of amides is 4. The summed E-state index contributed by atoms with van der Waals surface area (Å²) in [4.78, 5) is 79.6. The predicted octanol–water partition coefficient (Wildman–Crippen LogP) is 23.4. The topological polar surface area (TPSA) is 285 Å². The van der Waals surface area contributed by atoms with Crippen LogP contribution in [0.25, 0.3) is 68.8 Å². The minimum atomic E-state index is -0.340. The largest absolute Gasteiger partial charge is 0.450 e. The molecule has 0 bridgehead atoms. The number of allylic oxidation sites excluding steroid dienone is 4. The minimum absolute atomic E-state index is 0.121. The SMILES string of the molecule is CCOC(=O)N[C@@H]1CC[C@@H]2[C@H](Cc3ccncc3[C@H]2/C=C/c2ccc(-c3cccc(F)c3)cn2)C1.CCOC(=O)N[C@@H]1CC[C@@H]2[C@H](Cc3cnccc3[C@H]2/C=C/c2ccc(-c3cccc(F)c3)cn2)C1.CCOC(=O)N[C@@H]1CC[C@@H]2[C@H](Cc3n[nH]nc3[C@H]2/C=C/c2ccc(-c3cccc(F)c3)cn2)C1.CCOC(=O)N[C@@H]1CC[C@@H]2[C@H](Cc3ncccc3[C@H]2/C=C/c2ccc(-c3cccc(F)c3)cn2)C1. The fraction of sp³-hybridized carbons (Fsp3) is 0.354. The van der Waals surface area contributed by atoms with Gasteiger partial charge in [0.1, 0.15) is 23.3 Å². The Labute approximate surface area is 808 Å². The van der Waals surface area contributed by atoms with E-state index >= 15 is 0 Å². The summed E-state index contributed by atoms with van der Waals surface area (Å²) in [5.74, 6) is 3.68. The zero-order valence-corrected chi connectivity index (χ0v) is 78.7. The first-order valence-corrected chi connectivity index (χ1v) is 48.9. The molecule has 0 aliphatic heterocycles. The summed E-state index contributed by atoms with van der Waals surface area (Å²) in [5.41, 5.74) is 20.0. The molecule has 0 spiro atoms. The maximum absolute atomic E-state index is 13.6. The molecule has 4 aromatic carbocycles. The molecule has 8 aliphatic rings. The van der Waals surface area contributed by atoms with Crippen molar-refractivity contribution in [2.24, 2.45) is 47.3 Å². The van der Waals surface area contributed by atoms with Gasteiger partial charge >= 0.3 is 24.4 Å². The van der Waals surface area contributed by atoms with E-state index in [4.69, 9.17) is 23.9 Å². The second-order valence-corrected chi connectivity index (χ2v) is 37.3. The van der Waals surface area contributed by atoms with Crippen molar-refractivity contribution in [2.75, 3.05) is 26.4 Å². The molecule has 26 heteroatoms. The van der Waals surface area contributed by atoms with Crippen molar-refractivity contribution < 1.29 is 55.7 Å². The maximum atomic E-state index is 13.6. The number of aromatic nitrogens is 10. The van der Waals surface area contributed by atoms with E-state index in [-0.39, 0.29) is 95.5 Å². The van der Waals surface area contributed by atoms with Gasteiger partial charge in [0.25, 0.3) is 0 Å². The average Bonchev–Trinajstić information content (AvgIpc) is 1.65. The summed E-state index contributed by atoms with van der Waals surface area (Å²) >= 11 is 0. The Balaban J connectivity index is 0.000000128. The number of carbonyl (C=O) groups excluding carboxylic acids is 4. The lowest BCUT2D eigenvalue weighted by molar-refractivity contribution is 0.127. The van der Waals surface area contributed by atoms with Gasteiger partial charge in [0.05, 0.1) is 60.6 Å². The second kappa shape index (κ2) is 46.3. The lowest BCUT2D eigenvalue weighted by Gasteiger charge is -2.44. The summed E-state index contributed by atoms with van der Waals surface area (Å²) in [6.07, 6.45) is 48.1. The summed E-state index contributed by atoms with van der Waals surface area (Å²) in [5, 5.41) is 23.8. The van der Waals surface area contributed by atoms with Gasteiger partial charge in [-0.2, -0.15) is 15.4 Å². The van der Waals surface area contributed by atoms with E-state index in [1.807, 2.05) is 144 Å². The van der Waals surface area contributed by atoms with Crippen molar-refractivity contribution in [1.82, 2.24) is 71.6 Å². The van der Waals surface area contributed by atoms with E-state index in [1.54, 1.807) is 49.1 Å². The Morgan fingerprint density at radius 1 is 0.331 bits per heavy atom. The van der Waals surface area contributed by atoms with Crippen LogP contribution in [0.1, 0.15) is 196 Å². The second-order valence-electron chi connectivity index (χ2n) is 37.3. The molecular formula is C113H118F4N14O8. The molecule has 716 valence electrons. The van der Waals surface area contributed by atoms with Crippen LogP contribution in [0.3, 0.4) is 0 Å². The van der Waals surface area contributed by atoms with E-state index in [1.165, 1.54) is 76.3 Å². The molecule has 20 rings (SSSR count). The molecule has 4 fully saturated rings. The number of carbonyl (C=O) groups is 4. The monoisotopic (exact) mass is 1870 g/mol. The molecule has 8 aliphatic carbocycles. The zero-order chi connectivity index (χ0) is 96.1. The van der Waals surface area contributed by atoms with Gasteiger partial charge in [0, 0.05) is 132 Å². The van der Waals surface area contributed by atoms with Gasteiger partial charge in [0.2, 0.25) is 0 Å². The highest BCUT2D eigenvalue weighted by Gasteiger charge is 2.46. The van der Waals surface area contributed by atoms with Crippen molar-refractivity contribution in [3.8, 4) is 44.5 Å². The van der Waals surface area contributed by atoms with Crippen LogP contribution in [0.15, 0.2) is 250 Å². The molecule has 12 aromatic rings. The van der Waals surface area contributed by atoms with Crippen LogP contribution < -0.4 is 21.3 Å². The van der Waals surface area contributed by atoms with Crippen LogP contribution >= 0.6 is 0 Å². The van der Waals surface area contributed by atoms with Crippen molar-refractivity contribution >= 4 is 48.7 Å². The van der Waals surface area contributed by atoms with Crippen molar-refractivity contribution in [1.29, 1.82) is 0 Å². The third-order valence-electron chi connectivity index (χ3n) is 28.8. The number of hydrogen-bond donors (Lipinski definition) is 5. The molecule has 4 amide bonds. The molecule has 8 aromatic heterocycles. The average molecular weight is 1880 g/mol. The first-order valence-electron chi connectivity index (χ1n) is 48.9. The van der Waals surface area contributed by atoms with Crippen LogP contribution in [0.4, 0.5) is 36.7 Å². The van der Waals surface area contributed by atoms with Gasteiger partial charge < -0.3 is 40.2 Å². The molecule has 4 saturated carbocycles. The van der Waals surface area contributed by atoms with Gasteiger partial charge in [-0.3, -0.25) is 34.9 Å². The number of nitrogens with one attached hydrogen (secondary N) is 5. The number of pyridine rings is 7. The molecule has 5 N–H and O–H groups in total. The van der Waals surface area contributed by atoms with E-state index in [9.17, 15) is 36.7 Å². The zero-order valence-electron chi connectivity index (χ0n) is 78.7. The summed E-state index contributed by atoms with van der Waals surface area (Å²) in [6, 6.07) is 51.0. The van der Waals surface area contributed by atoms with Crippen LogP contribution in [0, 0.1) is 70.6 Å². The number of ether oxygens (including phenoxy) is 4. The van der Waals surface area contributed by atoms with Crippen molar-refractivity contribution in [2.45, 2.75) is 178 Å². The maximum Gasteiger partial charge on any atom is 0.407 e. The predicted molar refractivity (Wildman–Crippen MR) is 529 cm³/mol. The number of alkyl carbamates (subject to hydrolysis) is 4. The first kappa shape index (κ1) is 96.5. The summed E-state index contributed by atoms with van der Waals surface area (Å²) in [7, 11) is 0. The number of H-pyrrole nitrogens is 1. The van der Waals surface area contributed by atoms with Gasteiger partial charge in [0.15, 0.2) is 0 Å². The number of fused-ring (bicyclic) bond motifs is 8. The Morgan fingerprint density at radius 2 is 0.683 bits per heavy atom. The molecule has 16 atom stereocenters. The quantitative estimate of drug-likeness (QED) is 0.0350. The Hall–Kier alpha value is -14.2. The first-order chi connectivity index (χ1) is 67.9. The fourth-order valence-corrected chi connectivity index (χ4v) is 22.4. The number of benzene rings is 4. The van der Waals surface area contributed by atoms with E-state index in [0.717, 1.165) is 187 Å². The molecule has 0 unspecified atom stereocenters. The standard InChI is InChI=1S/3C29H30FN3O2.C26H28FN5O2/c1-2-35-29(34)33-24-11-12-25-21(16-24)17-28-27(7-4-14-31-28)26(25)13-10-23-9-8-20(18-32-23)19-5-3-6-22(30)15-19;1-2-35-29(34)33-25-9-10-26-22(16-25)14-20-12-13-31-18-28(20)27(26)11-8-24-7-6-21(17-32-24)19-4-3-5-23(30)15-19;1-2-35-29(34)33-25-9-10-26-21(16-25)14-22-17-31-13-12-27(22)28(26)11-8-24-7-6-20(18-32-24)19-4-3-5-23(30)15-19;1-2-34-26(33)29-21-9-10-22-18(13-21)14-24-25(31-32-30-24)23(22)11-8-20-7-6-17(15-28-20)16-4-3-5-19(27)12-16/h3-10,13-15,18,21,24-26H,2,11-12,16-17H2,1H3,(H,33,34);3-8,11-13,15,17-18,22,25-27H,2,9-10,14,16H2,1H3,(H,33,34);3-8,11-13,15,17-18,21,25-26,28H,2,9-10,14,16H2,1H3,(H,33,34);3-8,11-12,15,18,21-23H,2,9-10,13-14H2,1H3,(H,29,33)(H,30,31,32)/b13-10+;3*11-8+/t21-,24+,25+,26-;22-,25-,26-,27+;21-,25-,26-,28+;18-,21+,22+,23-/m0110/s1. The highest BCUT2D eigenvalue weighted by molar-refractivity contribution is 5.71. The number of hydrogen-bond acceptors (Lipinski definition) is 17. The Bertz CT molecular complexity index is 5870. The van der Waals surface area contributed by atoms with E-state index in [2.05, 4.69) is 127 Å². The van der Waals surface area contributed by atoms with Gasteiger partial charge in [-0.15, -0.1) is 0 Å². The van der Waals surface area contributed by atoms with Gasteiger partial charge in [-0.05, 0) is 343 Å². The van der Waals surface area contributed by atoms with E-state index in [0.29, 0.717) is 73.8 Å². The van der Waals surface area contributed by atoms with Crippen molar-refractivity contribution in [3.05, 3.63) is 341 Å². The normalized spacial score (nSPS) is 23.5.